The van der Waals surface area contributed by atoms with E-state index in [0.29, 0.717) is 44.3 Å². The second-order valence-corrected chi connectivity index (χ2v) is 9.15. The molecule has 0 saturated heterocycles. The number of aromatic hydroxyl groups is 2. The monoisotopic (exact) mass is 472 g/mol. The van der Waals surface area contributed by atoms with E-state index < -0.39 is 0 Å². The molecule has 36 heavy (non-hydrogen) atoms. The van der Waals surface area contributed by atoms with E-state index in [9.17, 15) is 15.0 Å². The average Bonchev–Trinajstić information content (AvgIpc) is 3.41. The van der Waals surface area contributed by atoms with Crippen molar-refractivity contribution in [2.24, 2.45) is 0 Å². The van der Waals surface area contributed by atoms with Gasteiger partial charge in [0.2, 0.25) is 5.78 Å². The summed E-state index contributed by atoms with van der Waals surface area (Å²) in [6.07, 6.45) is 0. The largest absolute Gasteiger partial charge is 0.507 e. The first-order chi connectivity index (χ1) is 17.4. The van der Waals surface area contributed by atoms with Gasteiger partial charge in [-0.2, -0.15) is 0 Å². The summed E-state index contributed by atoms with van der Waals surface area (Å²) in [6.45, 7) is 3.66. The van der Waals surface area contributed by atoms with Crippen molar-refractivity contribution in [3.8, 4) is 33.8 Å². The van der Waals surface area contributed by atoms with E-state index in [4.69, 9.17) is 0 Å². The molecule has 6 rings (SSSR count). The Morgan fingerprint density at radius 3 is 1.36 bits per heavy atom. The number of hydrogen-bond acceptors (Lipinski definition) is 3. The van der Waals surface area contributed by atoms with Gasteiger partial charge in [-0.25, -0.2) is 0 Å². The van der Waals surface area contributed by atoms with Crippen LogP contribution in [0, 0.1) is 13.8 Å². The van der Waals surface area contributed by atoms with Gasteiger partial charge in [0.15, 0.2) is 0 Å². The molecule has 2 aromatic heterocycles. The van der Waals surface area contributed by atoms with Crippen LogP contribution < -0.4 is 0 Å². The molecular weight excluding hydrogens is 448 g/mol. The van der Waals surface area contributed by atoms with Gasteiger partial charge in [0.05, 0.1) is 22.4 Å². The summed E-state index contributed by atoms with van der Waals surface area (Å²) in [6, 6.07) is 26.9. The van der Waals surface area contributed by atoms with Crippen LogP contribution in [0.5, 0.6) is 11.5 Å². The highest BCUT2D eigenvalue weighted by Gasteiger charge is 2.24. The lowest BCUT2D eigenvalue weighted by atomic mass is 10.0. The number of phenolic OH excluding ortho intramolecular Hbond substituents is 2. The zero-order valence-electron chi connectivity index (χ0n) is 19.9. The lowest BCUT2D eigenvalue weighted by Crippen LogP contribution is -2.05. The lowest BCUT2D eigenvalue weighted by molar-refractivity contribution is 0.103. The minimum Gasteiger partial charge on any atom is -0.507 e. The number of aromatic amines is 2. The molecular formula is C31H24N2O3. The van der Waals surface area contributed by atoms with Crippen molar-refractivity contribution in [1.29, 1.82) is 0 Å². The SMILES string of the molecule is Cc1c(C(=O)c2[nH]c3cc(-c4ccccc4)cc(O)c3c2C)[nH]c2cc(-c3ccccc3)cc(O)c12. The number of benzene rings is 4. The van der Waals surface area contributed by atoms with Gasteiger partial charge in [0.1, 0.15) is 11.5 Å². The highest BCUT2D eigenvalue weighted by Crippen LogP contribution is 2.38. The Kier molecular flexibility index (Phi) is 4.93. The summed E-state index contributed by atoms with van der Waals surface area (Å²) in [5.74, 6) is 0.0223. The maximum absolute atomic E-state index is 13.7. The van der Waals surface area contributed by atoms with Gasteiger partial charge in [-0.15, -0.1) is 0 Å². The van der Waals surface area contributed by atoms with Crippen LogP contribution in [-0.2, 0) is 0 Å². The number of aryl methyl sites for hydroxylation is 2. The predicted octanol–water partition coefficient (Wildman–Crippen LogP) is 7.24. The summed E-state index contributed by atoms with van der Waals surface area (Å²) >= 11 is 0. The Balaban J connectivity index is 1.47. The molecule has 2 heterocycles. The highest BCUT2D eigenvalue weighted by molar-refractivity contribution is 6.15. The van der Waals surface area contributed by atoms with Gasteiger partial charge in [0.25, 0.3) is 0 Å². The van der Waals surface area contributed by atoms with Crippen molar-refractivity contribution in [2.45, 2.75) is 13.8 Å². The van der Waals surface area contributed by atoms with Gasteiger partial charge in [-0.3, -0.25) is 4.79 Å². The van der Waals surface area contributed by atoms with Crippen LogP contribution in [0.25, 0.3) is 44.1 Å². The van der Waals surface area contributed by atoms with Gasteiger partial charge >= 0.3 is 0 Å². The molecule has 0 atom stereocenters. The summed E-state index contributed by atoms with van der Waals surface area (Å²) in [7, 11) is 0. The third-order valence-electron chi connectivity index (χ3n) is 6.92. The number of phenols is 2. The normalized spacial score (nSPS) is 11.4. The van der Waals surface area contributed by atoms with E-state index >= 15 is 0 Å². The Hall–Kier alpha value is -4.77. The number of nitrogens with one attached hydrogen (secondary N) is 2. The Morgan fingerprint density at radius 1 is 0.583 bits per heavy atom. The lowest BCUT2D eigenvalue weighted by Gasteiger charge is -2.04. The van der Waals surface area contributed by atoms with Gasteiger partial charge in [0, 0.05) is 10.8 Å². The van der Waals surface area contributed by atoms with E-state index in [1.165, 1.54) is 0 Å². The first kappa shape index (κ1) is 21.7. The maximum atomic E-state index is 13.7. The van der Waals surface area contributed by atoms with E-state index in [1.54, 1.807) is 12.1 Å². The van der Waals surface area contributed by atoms with E-state index in [-0.39, 0.29) is 17.3 Å². The number of hydrogen-bond donors (Lipinski definition) is 4. The Morgan fingerprint density at radius 2 is 0.972 bits per heavy atom. The Labute approximate surface area is 207 Å². The Bertz CT molecular complexity index is 1650. The summed E-state index contributed by atoms with van der Waals surface area (Å²) in [4.78, 5) is 20.2. The van der Waals surface area contributed by atoms with Crippen LogP contribution >= 0.6 is 0 Å². The standard InChI is InChI=1S/C31H24N2O3/c1-17-27-23(13-21(15-25(27)34)19-9-5-3-6-10-19)32-29(17)31(36)30-18(2)28-24(33-30)14-22(16-26(28)35)20-11-7-4-8-12-20/h3-16,32-35H,1-2H3. The molecule has 6 aromatic rings. The van der Waals surface area contributed by atoms with Crippen molar-refractivity contribution in [1.82, 2.24) is 9.97 Å². The number of carbonyl (C=O) groups is 1. The van der Waals surface area contributed by atoms with Crippen LogP contribution in [0.1, 0.15) is 27.3 Å². The topological polar surface area (TPSA) is 89.1 Å². The summed E-state index contributed by atoms with van der Waals surface area (Å²) in [5.41, 5.74) is 7.24. The van der Waals surface area contributed by atoms with Crippen LogP contribution in [0.4, 0.5) is 0 Å². The van der Waals surface area contributed by atoms with Crippen LogP contribution in [0.3, 0.4) is 0 Å². The van der Waals surface area contributed by atoms with E-state index in [0.717, 1.165) is 22.3 Å². The highest BCUT2D eigenvalue weighted by atomic mass is 16.3. The number of H-pyrrole nitrogens is 2. The third kappa shape index (κ3) is 3.36. The predicted molar refractivity (Wildman–Crippen MR) is 144 cm³/mol. The summed E-state index contributed by atoms with van der Waals surface area (Å²) in [5, 5.41) is 22.9. The number of aromatic nitrogens is 2. The first-order valence-corrected chi connectivity index (χ1v) is 11.8. The molecule has 0 spiro atoms. The van der Waals surface area contributed by atoms with Crippen molar-refractivity contribution in [2.75, 3.05) is 0 Å². The molecule has 0 unspecified atom stereocenters. The molecule has 0 amide bonds. The zero-order valence-corrected chi connectivity index (χ0v) is 19.9. The molecule has 5 heteroatoms. The number of carbonyl (C=O) groups excluding carboxylic acids is 1. The quantitative estimate of drug-likeness (QED) is 0.204. The van der Waals surface area contributed by atoms with E-state index in [2.05, 4.69) is 9.97 Å². The molecule has 4 N–H and O–H groups in total. The zero-order chi connectivity index (χ0) is 25.0. The molecule has 0 aliphatic heterocycles. The van der Waals surface area contributed by atoms with E-state index in [1.807, 2.05) is 86.6 Å². The number of fused-ring (bicyclic) bond motifs is 2. The van der Waals surface area contributed by atoms with Crippen molar-refractivity contribution < 1.29 is 15.0 Å². The number of ketones is 1. The molecule has 0 aliphatic carbocycles. The fourth-order valence-corrected chi connectivity index (χ4v) is 5.12. The number of rotatable bonds is 4. The first-order valence-electron chi connectivity index (χ1n) is 11.8. The molecule has 4 aromatic carbocycles. The van der Waals surface area contributed by atoms with Crippen molar-refractivity contribution >= 4 is 27.6 Å². The third-order valence-corrected chi connectivity index (χ3v) is 6.92. The summed E-state index contributed by atoms with van der Waals surface area (Å²) < 4.78 is 0. The van der Waals surface area contributed by atoms with Crippen LogP contribution in [0.15, 0.2) is 84.9 Å². The minimum absolute atomic E-state index is 0.123. The molecule has 0 radical (unpaired) electrons. The molecule has 0 fully saturated rings. The fraction of sp³-hybridized carbons (Fsp3) is 0.0645. The van der Waals surface area contributed by atoms with Crippen molar-refractivity contribution in [3.05, 3.63) is 107 Å². The molecule has 176 valence electrons. The van der Waals surface area contributed by atoms with Crippen LogP contribution in [-0.4, -0.2) is 26.0 Å². The van der Waals surface area contributed by atoms with Crippen LogP contribution in [0.2, 0.25) is 0 Å². The smallest absolute Gasteiger partial charge is 0.225 e. The maximum Gasteiger partial charge on any atom is 0.225 e. The van der Waals surface area contributed by atoms with Gasteiger partial charge in [-0.05, 0) is 71.5 Å². The average molecular weight is 473 g/mol. The minimum atomic E-state index is -0.223. The van der Waals surface area contributed by atoms with Gasteiger partial charge in [-0.1, -0.05) is 60.7 Å². The second kappa shape index (κ2) is 8.17. The fourth-order valence-electron chi connectivity index (χ4n) is 5.12. The second-order valence-electron chi connectivity index (χ2n) is 9.15. The molecule has 5 nitrogen and oxygen atoms in total. The van der Waals surface area contributed by atoms with Crippen molar-refractivity contribution in [3.63, 3.8) is 0 Å². The molecule has 0 bridgehead atoms. The molecule has 0 aliphatic rings. The van der Waals surface area contributed by atoms with Gasteiger partial charge < -0.3 is 20.2 Å². The molecule has 0 saturated carbocycles.